The van der Waals surface area contributed by atoms with E-state index in [0.717, 1.165) is 43.6 Å². The zero-order valence-electron chi connectivity index (χ0n) is 12.6. The highest BCUT2D eigenvalue weighted by molar-refractivity contribution is 5.33. The van der Waals surface area contributed by atoms with Crippen molar-refractivity contribution in [1.82, 2.24) is 9.88 Å². The SMILES string of the molecule is CC(C)(C)N1CCC2(CC1)Cc1ncc(F)cc1[C@H]2N. The van der Waals surface area contributed by atoms with E-state index in [1.165, 1.54) is 6.20 Å². The molecule has 1 aliphatic heterocycles. The molecule has 2 heterocycles. The van der Waals surface area contributed by atoms with Crippen molar-refractivity contribution in [3.8, 4) is 0 Å². The van der Waals surface area contributed by atoms with Crippen molar-refractivity contribution >= 4 is 0 Å². The molecule has 0 aromatic carbocycles. The number of nitrogens with two attached hydrogens (primary N) is 1. The Balaban J connectivity index is 1.81. The van der Waals surface area contributed by atoms with Crippen LogP contribution in [-0.2, 0) is 6.42 Å². The molecule has 1 fully saturated rings. The van der Waals surface area contributed by atoms with Crippen molar-refractivity contribution in [1.29, 1.82) is 0 Å². The van der Waals surface area contributed by atoms with Gasteiger partial charge in [0.1, 0.15) is 5.82 Å². The van der Waals surface area contributed by atoms with Gasteiger partial charge >= 0.3 is 0 Å². The van der Waals surface area contributed by atoms with Crippen molar-refractivity contribution in [2.45, 2.75) is 51.6 Å². The Labute approximate surface area is 120 Å². The summed E-state index contributed by atoms with van der Waals surface area (Å²) in [6, 6.07) is 1.51. The third-order valence-corrected chi connectivity index (χ3v) is 5.19. The van der Waals surface area contributed by atoms with Gasteiger partial charge in [-0.15, -0.1) is 0 Å². The molecule has 1 aliphatic carbocycles. The van der Waals surface area contributed by atoms with Gasteiger partial charge < -0.3 is 5.73 Å². The lowest BCUT2D eigenvalue weighted by atomic mass is 9.72. The van der Waals surface area contributed by atoms with E-state index in [1.54, 1.807) is 6.07 Å². The van der Waals surface area contributed by atoms with Gasteiger partial charge in [0.25, 0.3) is 0 Å². The highest BCUT2D eigenvalue weighted by Gasteiger charge is 2.47. The second-order valence-corrected chi connectivity index (χ2v) is 7.36. The first-order valence-corrected chi connectivity index (χ1v) is 7.47. The molecule has 2 aliphatic rings. The standard InChI is InChI=1S/C16H24FN3/c1-15(2,3)20-6-4-16(5-7-20)9-13-12(14(16)18)8-11(17)10-19-13/h8,10,14H,4-7,9,18H2,1-3H3/t14-/m1/s1. The highest BCUT2D eigenvalue weighted by Crippen LogP contribution is 2.50. The van der Waals surface area contributed by atoms with Crippen LogP contribution in [0.2, 0.25) is 0 Å². The van der Waals surface area contributed by atoms with Crippen LogP contribution in [0.5, 0.6) is 0 Å². The fraction of sp³-hybridized carbons (Fsp3) is 0.688. The quantitative estimate of drug-likeness (QED) is 0.792. The molecule has 1 saturated heterocycles. The molecule has 4 heteroatoms. The normalized spacial score (nSPS) is 25.9. The van der Waals surface area contributed by atoms with E-state index in [0.29, 0.717) is 0 Å². The molecule has 110 valence electrons. The molecule has 0 amide bonds. The average Bonchev–Trinajstić information content (AvgIpc) is 2.63. The Morgan fingerprint density at radius 3 is 2.60 bits per heavy atom. The summed E-state index contributed by atoms with van der Waals surface area (Å²) in [6.45, 7) is 8.89. The number of aromatic nitrogens is 1. The van der Waals surface area contributed by atoms with E-state index < -0.39 is 0 Å². The Hall–Kier alpha value is -1.00. The van der Waals surface area contributed by atoms with Crippen LogP contribution in [0.15, 0.2) is 12.3 Å². The Morgan fingerprint density at radius 2 is 2.00 bits per heavy atom. The minimum Gasteiger partial charge on any atom is -0.323 e. The average molecular weight is 277 g/mol. The summed E-state index contributed by atoms with van der Waals surface area (Å²) in [5.74, 6) is -0.275. The number of pyridine rings is 1. The fourth-order valence-electron chi connectivity index (χ4n) is 3.78. The van der Waals surface area contributed by atoms with Crippen LogP contribution in [0.1, 0.15) is 50.9 Å². The molecule has 20 heavy (non-hydrogen) atoms. The summed E-state index contributed by atoms with van der Waals surface area (Å²) in [6.07, 6.45) is 4.36. The first-order chi connectivity index (χ1) is 9.32. The summed E-state index contributed by atoms with van der Waals surface area (Å²) in [4.78, 5) is 6.77. The van der Waals surface area contributed by atoms with Crippen molar-refractivity contribution in [2.75, 3.05) is 13.1 Å². The van der Waals surface area contributed by atoms with E-state index in [-0.39, 0.29) is 22.8 Å². The molecule has 2 N–H and O–H groups in total. The minimum atomic E-state index is -0.275. The Kier molecular flexibility index (Phi) is 3.14. The number of halogens is 1. The highest BCUT2D eigenvalue weighted by atomic mass is 19.1. The molecule has 0 unspecified atom stereocenters. The maximum atomic E-state index is 13.4. The van der Waals surface area contributed by atoms with Gasteiger partial charge in [-0.25, -0.2) is 4.39 Å². The number of hydrogen-bond acceptors (Lipinski definition) is 3. The van der Waals surface area contributed by atoms with Crippen molar-refractivity contribution in [3.05, 3.63) is 29.3 Å². The lowest BCUT2D eigenvalue weighted by Crippen LogP contribution is -2.51. The Morgan fingerprint density at radius 1 is 1.35 bits per heavy atom. The lowest BCUT2D eigenvalue weighted by Gasteiger charge is -2.46. The molecular weight excluding hydrogens is 253 g/mol. The number of likely N-dealkylation sites (tertiary alicyclic amines) is 1. The maximum Gasteiger partial charge on any atom is 0.141 e. The summed E-state index contributed by atoms with van der Waals surface area (Å²) in [7, 11) is 0. The lowest BCUT2D eigenvalue weighted by molar-refractivity contribution is 0.0343. The number of hydrogen-bond donors (Lipinski definition) is 1. The van der Waals surface area contributed by atoms with Crippen LogP contribution in [-0.4, -0.2) is 28.5 Å². The number of piperidine rings is 1. The molecular formula is C16H24FN3. The maximum absolute atomic E-state index is 13.4. The van der Waals surface area contributed by atoms with Crippen molar-refractivity contribution in [3.63, 3.8) is 0 Å². The van der Waals surface area contributed by atoms with E-state index in [9.17, 15) is 4.39 Å². The van der Waals surface area contributed by atoms with Gasteiger partial charge in [0.15, 0.2) is 0 Å². The second-order valence-electron chi connectivity index (χ2n) is 7.36. The van der Waals surface area contributed by atoms with Gasteiger partial charge in [-0.1, -0.05) is 0 Å². The van der Waals surface area contributed by atoms with Crippen molar-refractivity contribution < 1.29 is 4.39 Å². The van der Waals surface area contributed by atoms with Crippen LogP contribution < -0.4 is 5.73 Å². The summed E-state index contributed by atoms with van der Waals surface area (Å²) in [5.41, 5.74) is 8.68. The van der Waals surface area contributed by atoms with Gasteiger partial charge in [0, 0.05) is 17.3 Å². The van der Waals surface area contributed by atoms with Crippen LogP contribution in [0.4, 0.5) is 4.39 Å². The van der Waals surface area contributed by atoms with E-state index >= 15 is 0 Å². The van der Waals surface area contributed by atoms with Gasteiger partial charge in [0.2, 0.25) is 0 Å². The zero-order chi connectivity index (χ0) is 14.5. The molecule has 3 nitrogen and oxygen atoms in total. The molecule has 0 radical (unpaired) electrons. The molecule has 1 spiro atoms. The molecule has 1 aromatic heterocycles. The van der Waals surface area contributed by atoms with Gasteiger partial charge in [0.05, 0.1) is 6.20 Å². The molecule has 1 atom stereocenters. The summed E-state index contributed by atoms with van der Waals surface area (Å²) < 4.78 is 13.4. The second kappa shape index (κ2) is 4.50. The monoisotopic (exact) mass is 277 g/mol. The summed E-state index contributed by atoms with van der Waals surface area (Å²) in [5, 5.41) is 0. The van der Waals surface area contributed by atoms with Gasteiger partial charge in [-0.05, 0) is 70.2 Å². The number of fused-ring (bicyclic) bond motifs is 1. The van der Waals surface area contributed by atoms with Crippen LogP contribution in [0, 0.1) is 11.2 Å². The Bertz CT molecular complexity index is 513. The molecule has 3 rings (SSSR count). The van der Waals surface area contributed by atoms with E-state index in [4.69, 9.17) is 5.73 Å². The third kappa shape index (κ3) is 2.15. The predicted octanol–water partition coefficient (Wildman–Crippen LogP) is 2.66. The van der Waals surface area contributed by atoms with Gasteiger partial charge in [-0.3, -0.25) is 9.88 Å². The molecule has 0 saturated carbocycles. The van der Waals surface area contributed by atoms with Gasteiger partial charge in [-0.2, -0.15) is 0 Å². The first-order valence-electron chi connectivity index (χ1n) is 7.47. The van der Waals surface area contributed by atoms with Crippen LogP contribution in [0.25, 0.3) is 0 Å². The molecule has 1 aromatic rings. The number of nitrogens with zero attached hydrogens (tertiary/aromatic N) is 2. The molecule has 0 bridgehead atoms. The smallest absolute Gasteiger partial charge is 0.141 e. The topological polar surface area (TPSA) is 42.2 Å². The van der Waals surface area contributed by atoms with E-state index in [2.05, 4.69) is 30.7 Å². The van der Waals surface area contributed by atoms with Crippen molar-refractivity contribution in [2.24, 2.45) is 11.1 Å². The third-order valence-electron chi connectivity index (χ3n) is 5.19. The zero-order valence-corrected chi connectivity index (χ0v) is 12.6. The van der Waals surface area contributed by atoms with Crippen LogP contribution in [0.3, 0.4) is 0 Å². The minimum absolute atomic E-state index is 0.0668. The largest absolute Gasteiger partial charge is 0.323 e. The number of rotatable bonds is 0. The fourth-order valence-corrected chi connectivity index (χ4v) is 3.78. The first kappa shape index (κ1) is 14.0. The van der Waals surface area contributed by atoms with E-state index in [1.807, 2.05) is 0 Å². The predicted molar refractivity (Wildman–Crippen MR) is 77.8 cm³/mol. The summed E-state index contributed by atoms with van der Waals surface area (Å²) >= 11 is 0. The van der Waals surface area contributed by atoms with Crippen LogP contribution >= 0.6 is 0 Å².